The predicted molar refractivity (Wildman–Crippen MR) is 234 cm³/mol. The lowest BCUT2D eigenvalue weighted by Gasteiger charge is -2.12. The highest BCUT2D eigenvalue weighted by atomic mass is 32.1. The third kappa shape index (κ3) is 5.12. The van der Waals surface area contributed by atoms with Crippen molar-refractivity contribution in [1.82, 2.24) is 15.0 Å². The van der Waals surface area contributed by atoms with Crippen molar-refractivity contribution in [2.75, 3.05) is 0 Å². The first-order chi connectivity index (χ1) is 28.2. The molecule has 12 rings (SSSR count). The normalized spacial score (nSPS) is 11.9. The molecule has 0 unspecified atom stereocenters. The van der Waals surface area contributed by atoms with Crippen LogP contribution in [-0.4, -0.2) is 15.0 Å². The van der Waals surface area contributed by atoms with Gasteiger partial charge in [-0.1, -0.05) is 127 Å². The second-order valence-electron chi connectivity index (χ2n) is 14.3. The summed E-state index contributed by atoms with van der Waals surface area (Å²) < 4.78 is 15.6. The average molecular weight is 748 g/mol. The van der Waals surface area contributed by atoms with Crippen LogP contribution in [0.4, 0.5) is 0 Å². The number of nitrogens with zero attached hydrogens (tertiary/aromatic N) is 3. The minimum atomic E-state index is 0.559. The Morgan fingerprint density at radius 3 is 1.77 bits per heavy atom. The Morgan fingerprint density at radius 2 is 0.930 bits per heavy atom. The van der Waals surface area contributed by atoms with E-state index in [0.717, 1.165) is 82.8 Å². The maximum atomic E-state index is 6.82. The first-order valence-corrected chi connectivity index (χ1v) is 19.7. The van der Waals surface area contributed by atoms with Crippen molar-refractivity contribution in [1.29, 1.82) is 0 Å². The Hall–Kier alpha value is -7.41. The van der Waals surface area contributed by atoms with E-state index in [-0.39, 0.29) is 0 Å². The molecule has 0 spiro atoms. The molecular weight excluding hydrogens is 719 g/mol. The summed E-state index contributed by atoms with van der Waals surface area (Å²) in [7, 11) is 0. The summed E-state index contributed by atoms with van der Waals surface area (Å²) >= 11 is 1.82. The highest BCUT2D eigenvalue weighted by Crippen LogP contribution is 2.46. The van der Waals surface area contributed by atoms with Gasteiger partial charge in [-0.05, 0) is 65.2 Å². The third-order valence-electron chi connectivity index (χ3n) is 11.0. The molecule has 4 aromatic heterocycles. The number of rotatable bonds is 5. The van der Waals surface area contributed by atoms with E-state index in [0.29, 0.717) is 17.5 Å². The van der Waals surface area contributed by atoms with E-state index in [1.165, 1.54) is 20.2 Å². The molecule has 0 aliphatic heterocycles. The number of hydrogen-bond acceptors (Lipinski definition) is 6. The smallest absolute Gasteiger partial charge is 0.164 e. The number of benzene rings is 8. The van der Waals surface area contributed by atoms with Crippen LogP contribution in [0.25, 0.3) is 120 Å². The monoisotopic (exact) mass is 747 g/mol. The van der Waals surface area contributed by atoms with Crippen molar-refractivity contribution in [3.8, 4) is 56.4 Å². The lowest BCUT2D eigenvalue weighted by atomic mass is 9.95. The van der Waals surface area contributed by atoms with Gasteiger partial charge in [-0.2, -0.15) is 0 Å². The third-order valence-corrected chi connectivity index (χ3v) is 12.1. The van der Waals surface area contributed by atoms with Crippen LogP contribution in [0.5, 0.6) is 0 Å². The van der Waals surface area contributed by atoms with Crippen molar-refractivity contribution in [2.24, 2.45) is 0 Å². The first-order valence-electron chi connectivity index (χ1n) is 18.9. The molecule has 0 aliphatic rings. The van der Waals surface area contributed by atoms with E-state index >= 15 is 0 Å². The number of aromatic nitrogens is 3. The number of fused-ring (bicyclic) bond motifs is 9. The van der Waals surface area contributed by atoms with Crippen LogP contribution in [0.2, 0.25) is 0 Å². The highest BCUT2D eigenvalue weighted by molar-refractivity contribution is 7.25. The Kier molecular flexibility index (Phi) is 7.03. The van der Waals surface area contributed by atoms with Gasteiger partial charge >= 0.3 is 0 Å². The molecule has 0 atom stereocenters. The second-order valence-corrected chi connectivity index (χ2v) is 15.4. The second kappa shape index (κ2) is 12.6. The molecule has 6 heteroatoms. The number of hydrogen-bond donors (Lipinski definition) is 0. The molecule has 4 heterocycles. The van der Waals surface area contributed by atoms with Crippen molar-refractivity contribution < 1.29 is 8.83 Å². The fraction of sp³-hybridized carbons (Fsp3) is 0. The molecule has 0 saturated heterocycles. The molecule has 12 aromatic rings. The van der Waals surface area contributed by atoms with Gasteiger partial charge in [0, 0.05) is 64.0 Å². The minimum Gasteiger partial charge on any atom is -0.456 e. The van der Waals surface area contributed by atoms with Crippen LogP contribution in [-0.2, 0) is 0 Å². The summed E-state index contributed by atoms with van der Waals surface area (Å²) in [5.74, 6) is 1.71. The average Bonchev–Trinajstić information content (AvgIpc) is 3.98. The van der Waals surface area contributed by atoms with Crippen LogP contribution in [0, 0.1) is 0 Å². The van der Waals surface area contributed by atoms with Gasteiger partial charge in [0.1, 0.15) is 22.3 Å². The van der Waals surface area contributed by atoms with Crippen molar-refractivity contribution in [3.63, 3.8) is 0 Å². The number of para-hydroxylation sites is 2. The highest BCUT2D eigenvalue weighted by Gasteiger charge is 2.23. The van der Waals surface area contributed by atoms with Crippen molar-refractivity contribution in [2.45, 2.75) is 0 Å². The van der Waals surface area contributed by atoms with Crippen molar-refractivity contribution >= 4 is 75.4 Å². The molecule has 266 valence electrons. The molecule has 0 bridgehead atoms. The van der Waals surface area contributed by atoms with E-state index in [1.54, 1.807) is 0 Å². The fourth-order valence-electron chi connectivity index (χ4n) is 8.29. The largest absolute Gasteiger partial charge is 0.456 e. The predicted octanol–water partition coefficient (Wildman–Crippen LogP) is 14.4. The quantitative estimate of drug-likeness (QED) is 0.175. The lowest BCUT2D eigenvalue weighted by molar-refractivity contribution is 0.669. The molecule has 0 amide bonds. The van der Waals surface area contributed by atoms with Gasteiger partial charge in [-0.25, -0.2) is 15.0 Å². The van der Waals surface area contributed by atoms with Crippen molar-refractivity contribution in [3.05, 3.63) is 176 Å². The summed E-state index contributed by atoms with van der Waals surface area (Å²) in [5.41, 5.74) is 10.3. The Labute approximate surface area is 330 Å². The fourth-order valence-corrected chi connectivity index (χ4v) is 9.42. The van der Waals surface area contributed by atoms with Gasteiger partial charge in [-0.3, -0.25) is 0 Å². The van der Waals surface area contributed by atoms with Crippen LogP contribution >= 0.6 is 11.3 Å². The van der Waals surface area contributed by atoms with Gasteiger partial charge < -0.3 is 8.83 Å². The summed E-state index contributed by atoms with van der Waals surface area (Å²) in [6.07, 6.45) is 0. The Balaban J connectivity index is 1.09. The SMILES string of the molecule is c1ccc(-c2ccc(-c3nc(-c4ccc5c(c4)oc4ccccc45)nc(-c4ccc(-c5cccc6sc7ccccc7c56)c5oc6ccccc6c45)n3)cc2)cc1. The molecule has 5 nitrogen and oxygen atoms in total. The molecule has 0 N–H and O–H groups in total. The van der Waals surface area contributed by atoms with E-state index < -0.39 is 0 Å². The first kappa shape index (κ1) is 31.9. The van der Waals surface area contributed by atoms with E-state index in [9.17, 15) is 0 Å². The van der Waals surface area contributed by atoms with Crippen LogP contribution < -0.4 is 0 Å². The number of furan rings is 2. The zero-order valence-corrected chi connectivity index (χ0v) is 31.1. The summed E-state index contributed by atoms with van der Waals surface area (Å²) in [5, 5.41) is 6.58. The van der Waals surface area contributed by atoms with Gasteiger partial charge in [0.25, 0.3) is 0 Å². The van der Waals surface area contributed by atoms with Crippen LogP contribution in [0.1, 0.15) is 0 Å². The molecule has 0 saturated carbocycles. The van der Waals surface area contributed by atoms with E-state index in [4.69, 9.17) is 23.8 Å². The van der Waals surface area contributed by atoms with E-state index in [2.05, 4.69) is 133 Å². The summed E-state index contributed by atoms with van der Waals surface area (Å²) in [4.78, 5) is 15.6. The van der Waals surface area contributed by atoms with Crippen LogP contribution in [0.15, 0.2) is 185 Å². The maximum absolute atomic E-state index is 6.82. The van der Waals surface area contributed by atoms with E-state index in [1.807, 2.05) is 53.8 Å². The van der Waals surface area contributed by atoms with Gasteiger partial charge in [0.05, 0.1) is 0 Å². The minimum absolute atomic E-state index is 0.559. The molecule has 0 radical (unpaired) electrons. The zero-order valence-electron chi connectivity index (χ0n) is 30.3. The molecule has 57 heavy (non-hydrogen) atoms. The zero-order chi connectivity index (χ0) is 37.5. The molecule has 8 aromatic carbocycles. The molecule has 0 aliphatic carbocycles. The van der Waals surface area contributed by atoms with Gasteiger partial charge in [0.2, 0.25) is 0 Å². The number of thiophene rings is 1. The van der Waals surface area contributed by atoms with Gasteiger partial charge in [-0.15, -0.1) is 11.3 Å². The summed E-state index contributed by atoms with van der Waals surface area (Å²) in [6.45, 7) is 0. The maximum Gasteiger partial charge on any atom is 0.164 e. The lowest BCUT2D eigenvalue weighted by Crippen LogP contribution is -2.00. The summed E-state index contributed by atoms with van der Waals surface area (Å²) in [6, 6.07) is 60.9. The molecular formula is C51H29N3O2S. The van der Waals surface area contributed by atoms with Gasteiger partial charge in [0.15, 0.2) is 17.5 Å². The standard InChI is InChI=1S/C51H29N3O2S/c1-2-11-30(12-3-1)31-21-23-32(24-22-31)49-52-50(33-25-26-35-34-13-4-7-17-41(34)55-43(35)29-33)54-51(53-49)40-28-27-37(48-47(40)38-14-5-8-18-42(38)56-48)36-16-10-20-45-46(36)39-15-6-9-19-44(39)57-45/h1-29H. The topological polar surface area (TPSA) is 65.0 Å². The Bertz CT molecular complexity index is 3530. The Morgan fingerprint density at radius 1 is 0.333 bits per heavy atom. The van der Waals surface area contributed by atoms with Crippen LogP contribution in [0.3, 0.4) is 0 Å². The molecule has 0 fully saturated rings.